The summed E-state index contributed by atoms with van der Waals surface area (Å²) in [6, 6.07) is 0. The zero-order valence-electron chi connectivity index (χ0n) is 10.8. The highest BCUT2D eigenvalue weighted by molar-refractivity contribution is 7.55. The first kappa shape index (κ1) is 16.8. The summed E-state index contributed by atoms with van der Waals surface area (Å²) >= 11 is 0. The Hall–Kier alpha value is -1.22. The van der Waals surface area contributed by atoms with Crippen LogP contribution in [0.5, 0.6) is 0 Å². The number of hydrogen-bond acceptors (Lipinski definition) is 3. The van der Waals surface area contributed by atoms with Crippen LogP contribution in [-0.2, 0) is 13.9 Å². The van der Waals surface area contributed by atoms with Gasteiger partial charge in [0.2, 0.25) is 0 Å². The van der Waals surface area contributed by atoms with E-state index in [1.807, 2.05) is 0 Å². The van der Waals surface area contributed by atoms with E-state index in [-0.39, 0.29) is 12.2 Å². The van der Waals surface area contributed by atoms with Crippen molar-refractivity contribution in [2.75, 3.05) is 6.61 Å². The van der Waals surface area contributed by atoms with Crippen LogP contribution >= 0.6 is 7.60 Å². The van der Waals surface area contributed by atoms with Gasteiger partial charge < -0.3 is 9.42 Å². The van der Waals surface area contributed by atoms with E-state index in [1.165, 1.54) is 6.08 Å². The highest BCUT2D eigenvalue weighted by Crippen LogP contribution is 2.50. The van der Waals surface area contributed by atoms with Crippen LogP contribution < -0.4 is 0 Å². The SMILES string of the molecule is C=CC(=O)C(C(=C)C=C(C)C=C)P(=O)(O)OCC. The Bertz CT molecular complexity index is 434. The molecular formula is C13H19O4P. The van der Waals surface area contributed by atoms with Crippen molar-refractivity contribution >= 4 is 13.4 Å². The minimum Gasteiger partial charge on any atom is -0.324 e. The third-order valence-electron chi connectivity index (χ3n) is 2.20. The predicted molar refractivity (Wildman–Crippen MR) is 73.5 cm³/mol. The molecule has 100 valence electrons. The molecule has 18 heavy (non-hydrogen) atoms. The number of hydrogen-bond donors (Lipinski definition) is 1. The van der Waals surface area contributed by atoms with Gasteiger partial charge in [-0.25, -0.2) is 0 Å². The molecule has 1 N–H and O–H groups in total. The predicted octanol–water partition coefficient (Wildman–Crippen LogP) is 3.02. The Morgan fingerprint density at radius 3 is 2.39 bits per heavy atom. The maximum atomic E-state index is 12.0. The van der Waals surface area contributed by atoms with Gasteiger partial charge in [-0.15, -0.1) is 0 Å². The quantitative estimate of drug-likeness (QED) is 0.418. The van der Waals surface area contributed by atoms with Crippen LogP contribution in [0.1, 0.15) is 13.8 Å². The molecule has 0 heterocycles. The van der Waals surface area contributed by atoms with Gasteiger partial charge in [0.05, 0.1) is 6.61 Å². The summed E-state index contributed by atoms with van der Waals surface area (Å²) in [5, 5.41) is 0. The molecule has 0 spiro atoms. The van der Waals surface area contributed by atoms with Gasteiger partial charge in [-0.1, -0.05) is 37.5 Å². The fraction of sp³-hybridized carbons (Fsp3) is 0.308. The third kappa shape index (κ3) is 4.57. The molecule has 0 aromatic heterocycles. The lowest BCUT2D eigenvalue weighted by Crippen LogP contribution is -2.22. The fourth-order valence-electron chi connectivity index (χ4n) is 1.35. The van der Waals surface area contributed by atoms with E-state index < -0.39 is 19.0 Å². The minimum atomic E-state index is -4.10. The molecule has 0 aromatic carbocycles. The van der Waals surface area contributed by atoms with Gasteiger partial charge in [0.1, 0.15) is 5.66 Å². The van der Waals surface area contributed by atoms with Crippen LogP contribution in [0.25, 0.3) is 0 Å². The van der Waals surface area contributed by atoms with Gasteiger partial charge in [-0.3, -0.25) is 9.36 Å². The summed E-state index contributed by atoms with van der Waals surface area (Å²) in [5.41, 5.74) is -0.375. The Morgan fingerprint density at radius 1 is 1.44 bits per heavy atom. The van der Waals surface area contributed by atoms with Crippen molar-refractivity contribution in [1.29, 1.82) is 0 Å². The van der Waals surface area contributed by atoms with Crippen LogP contribution in [-0.4, -0.2) is 22.9 Å². The van der Waals surface area contributed by atoms with Crippen molar-refractivity contribution in [3.8, 4) is 0 Å². The largest absolute Gasteiger partial charge is 0.343 e. The Kier molecular flexibility index (Phi) is 6.77. The first-order valence-electron chi connectivity index (χ1n) is 5.43. The monoisotopic (exact) mass is 270 g/mol. The molecule has 0 amide bonds. The number of allylic oxidation sites excluding steroid dienone is 5. The molecule has 0 saturated carbocycles. The molecule has 0 fully saturated rings. The van der Waals surface area contributed by atoms with E-state index in [0.717, 1.165) is 11.6 Å². The Balaban J connectivity index is 5.45. The maximum Gasteiger partial charge on any atom is 0.343 e. The Morgan fingerprint density at radius 2 is 2.00 bits per heavy atom. The maximum absolute atomic E-state index is 12.0. The first-order valence-corrected chi connectivity index (χ1v) is 7.07. The molecule has 0 aromatic rings. The summed E-state index contributed by atoms with van der Waals surface area (Å²) in [6.07, 6.45) is 4.08. The number of carbonyl (C=O) groups excluding carboxylic acids is 1. The van der Waals surface area contributed by atoms with Crippen molar-refractivity contribution in [3.05, 3.63) is 49.1 Å². The molecule has 0 bridgehead atoms. The standard InChI is InChI=1S/C13H19O4P/c1-6-10(4)9-11(5)13(12(14)7-2)18(15,16)17-8-3/h6-7,9,13H,1-2,5,8H2,3-4H3,(H,15,16). The van der Waals surface area contributed by atoms with Gasteiger partial charge in [0.15, 0.2) is 5.78 Å². The normalized spacial score (nSPS) is 16.5. The topological polar surface area (TPSA) is 63.6 Å². The molecule has 2 unspecified atom stereocenters. The highest BCUT2D eigenvalue weighted by Gasteiger charge is 2.38. The number of ketones is 1. The van der Waals surface area contributed by atoms with E-state index >= 15 is 0 Å². The molecule has 2 atom stereocenters. The average Bonchev–Trinajstić information content (AvgIpc) is 2.27. The van der Waals surface area contributed by atoms with Gasteiger partial charge >= 0.3 is 7.60 Å². The van der Waals surface area contributed by atoms with Gasteiger partial charge in [0.25, 0.3) is 0 Å². The minimum absolute atomic E-state index is 0.0339. The summed E-state index contributed by atoms with van der Waals surface area (Å²) in [7, 11) is -4.10. The fourth-order valence-corrected chi connectivity index (χ4v) is 2.79. The van der Waals surface area contributed by atoms with E-state index in [2.05, 4.69) is 19.7 Å². The summed E-state index contributed by atoms with van der Waals surface area (Å²) in [4.78, 5) is 21.5. The number of carbonyl (C=O) groups is 1. The summed E-state index contributed by atoms with van der Waals surface area (Å²) in [5.74, 6) is -0.590. The molecular weight excluding hydrogens is 251 g/mol. The Labute approximate surface area is 108 Å². The van der Waals surface area contributed by atoms with Gasteiger partial charge in [-0.05, 0) is 25.5 Å². The molecule has 0 saturated heterocycles. The summed E-state index contributed by atoms with van der Waals surface area (Å²) in [6.45, 7) is 13.9. The van der Waals surface area contributed by atoms with E-state index in [1.54, 1.807) is 19.9 Å². The van der Waals surface area contributed by atoms with Crippen LogP contribution in [0.3, 0.4) is 0 Å². The van der Waals surface area contributed by atoms with E-state index in [0.29, 0.717) is 0 Å². The van der Waals surface area contributed by atoms with Crippen molar-refractivity contribution < 1.29 is 18.8 Å². The van der Waals surface area contributed by atoms with E-state index in [9.17, 15) is 14.3 Å². The third-order valence-corrected chi connectivity index (χ3v) is 4.06. The second kappa shape index (κ2) is 7.27. The van der Waals surface area contributed by atoms with Gasteiger partial charge in [-0.2, -0.15) is 0 Å². The average molecular weight is 270 g/mol. The summed E-state index contributed by atoms with van der Waals surface area (Å²) < 4.78 is 16.8. The second-order valence-corrected chi connectivity index (χ2v) is 5.56. The van der Waals surface area contributed by atoms with Crippen molar-refractivity contribution in [2.45, 2.75) is 19.5 Å². The van der Waals surface area contributed by atoms with E-state index in [4.69, 9.17) is 4.52 Å². The molecule has 0 aliphatic carbocycles. The lowest BCUT2D eigenvalue weighted by molar-refractivity contribution is -0.113. The molecule has 5 heteroatoms. The molecule has 0 rings (SSSR count). The van der Waals surface area contributed by atoms with Crippen molar-refractivity contribution in [2.24, 2.45) is 0 Å². The van der Waals surface area contributed by atoms with Crippen molar-refractivity contribution in [1.82, 2.24) is 0 Å². The zero-order chi connectivity index (χ0) is 14.3. The van der Waals surface area contributed by atoms with Crippen LogP contribution in [0.15, 0.2) is 49.1 Å². The van der Waals surface area contributed by atoms with Crippen LogP contribution in [0.2, 0.25) is 0 Å². The van der Waals surface area contributed by atoms with Crippen LogP contribution in [0.4, 0.5) is 0 Å². The van der Waals surface area contributed by atoms with Gasteiger partial charge in [0, 0.05) is 0 Å². The molecule has 0 aliphatic rings. The second-order valence-electron chi connectivity index (χ2n) is 3.66. The molecule has 0 aliphatic heterocycles. The number of rotatable bonds is 8. The van der Waals surface area contributed by atoms with Crippen molar-refractivity contribution in [3.63, 3.8) is 0 Å². The molecule has 4 nitrogen and oxygen atoms in total. The zero-order valence-corrected chi connectivity index (χ0v) is 11.7. The smallest absolute Gasteiger partial charge is 0.324 e. The molecule has 0 radical (unpaired) electrons. The lowest BCUT2D eigenvalue weighted by Gasteiger charge is -2.20. The highest BCUT2D eigenvalue weighted by atomic mass is 31.2. The van der Waals surface area contributed by atoms with Crippen LogP contribution in [0, 0.1) is 0 Å². The first-order chi connectivity index (χ1) is 8.30. The lowest BCUT2D eigenvalue weighted by atomic mass is 10.1.